The lowest BCUT2D eigenvalue weighted by molar-refractivity contribution is 0.345. The maximum Gasteiger partial charge on any atom is 0.142 e. The van der Waals surface area contributed by atoms with E-state index < -0.39 is 0 Å². The van der Waals surface area contributed by atoms with E-state index in [4.69, 9.17) is 4.74 Å². The van der Waals surface area contributed by atoms with Crippen LogP contribution in [0.5, 0.6) is 5.75 Å². The number of halogens is 2. The van der Waals surface area contributed by atoms with E-state index in [1.807, 2.05) is 32.0 Å². The summed E-state index contributed by atoms with van der Waals surface area (Å²) in [7, 11) is 0. The minimum Gasteiger partial charge on any atom is -0.484 e. The van der Waals surface area contributed by atoms with Gasteiger partial charge in [0.25, 0.3) is 0 Å². The van der Waals surface area contributed by atoms with Crippen LogP contribution in [-0.4, -0.2) is 0 Å². The molecule has 0 saturated heterocycles. The van der Waals surface area contributed by atoms with Crippen molar-refractivity contribution in [3.63, 3.8) is 0 Å². The fourth-order valence-corrected chi connectivity index (χ4v) is 1.38. The van der Waals surface area contributed by atoms with Crippen molar-refractivity contribution in [2.24, 2.45) is 0 Å². The van der Waals surface area contributed by atoms with E-state index in [9.17, 15) is 0 Å². The summed E-state index contributed by atoms with van der Waals surface area (Å²) in [4.78, 5) is 0. The van der Waals surface area contributed by atoms with E-state index >= 15 is 0 Å². The Bertz CT molecular complexity index is 271. The van der Waals surface area contributed by atoms with Crippen LogP contribution in [0.3, 0.4) is 0 Å². The predicted octanol–water partition coefficient (Wildman–Crippen LogP) is 4.16. The van der Waals surface area contributed by atoms with Gasteiger partial charge >= 0.3 is 0 Å². The van der Waals surface area contributed by atoms with Gasteiger partial charge in [-0.25, -0.2) is 0 Å². The maximum absolute atomic E-state index is 5.42. The van der Waals surface area contributed by atoms with Crippen molar-refractivity contribution >= 4 is 31.9 Å². The van der Waals surface area contributed by atoms with Crippen LogP contribution < -0.4 is 4.74 Å². The molecule has 0 heterocycles. The van der Waals surface area contributed by atoms with Crippen molar-refractivity contribution in [1.29, 1.82) is 0 Å². The first-order chi connectivity index (χ1) is 5.59. The highest BCUT2D eigenvalue weighted by atomic mass is 79.9. The number of rotatable bonds is 2. The number of hydrogen-bond acceptors (Lipinski definition) is 1. The second-order valence-corrected chi connectivity index (χ2v) is 4.29. The molecule has 12 heavy (non-hydrogen) atoms. The molecule has 1 aromatic rings. The van der Waals surface area contributed by atoms with Crippen LogP contribution in [0.1, 0.15) is 13.8 Å². The zero-order valence-electron chi connectivity index (χ0n) is 6.90. The summed E-state index contributed by atoms with van der Waals surface area (Å²) in [6.45, 7) is 3.85. The van der Waals surface area contributed by atoms with Gasteiger partial charge < -0.3 is 4.74 Å². The van der Waals surface area contributed by atoms with E-state index in [1.54, 1.807) is 0 Å². The lowest BCUT2D eigenvalue weighted by Gasteiger charge is -2.08. The van der Waals surface area contributed by atoms with Crippen LogP contribution >= 0.6 is 31.9 Å². The average Bonchev–Trinajstić information content (AvgIpc) is 1.96. The summed E-state index contributed by atoms with van der Waals surface area (Å²) >= 11 is 6.79. The fourth-order valence-electron chi connectivity index (χ4n) is 0.776. The Kier molecular flexibility index (Phi) is 3.59. The molecule has 65 valence electrons. The van der Waals surface area contributed by atoms with Gasteiger partial charge in [-0.3, -0.25) is 0 Å². The van der Waals surface area contributed by atoms with Crippen molar-refractivity contribution in [3.8, 4) is 5.75 Å². The molecule has 0 N–H and O–H groups in total. The van der Waals surface area contributed by atoms with E-state index in [-0.39, 0.29) is 0 Å². The Labute approximate surface area is 89.4 Å². The molecule has 1 nitrogen and oxygen atoms in total. The van der Waals surface area contributed by atoms with E-state index in [1.165, 1.54) is 0 Å². The highest BCUT2D eigenvalue weighted by molar-refractivity contribution is 9.13. The quantitative estimate of drug-likeness (QED) is 0.795. The third-order valence-electron chi connectivity index (χ3n) is 1.21. The molecule has 0 aromatic heterocycles. The Balaban J connectivity index is 2.82. The van der Waals surface area contributed by atoms with Gasteiger partial charge in [0, 0.05) is 8.95 Å². The van der Waals surface area contributed by atoms with Gasteiger partial charge in [0.15, 0.2) is 0 Å². The highest BCUT2D eigenvalue weighted by Crippen LogP contribution is 2.28. The van der Waals surface area contributed by atoms with Crippen molar-refractivity contribution in [2.75, 3.05) is 0 Å². The molecule has 0 amide bonds. The van der Waals surface area contributed by atoms with Crippen LogP contribution in [0.4, 0.5) is 0 Å². The number of ether oxygens (including phenoxy) is 1. The zero-order valence-corrected chi connectivity index (χ0v) is 10.1. The molecular formula is C9H9Br2O. The Morgan fingerprint density at radius 1 is 1.17 bits per heavy atom. The monoisotopic (exact) mass is 291 g/mol. The average molecular weight is 293 g/mol. The summed E-state index contributed by atoms with van der Waals surface area (Å²) in [5.41, 5.74) is 0. The van der Waals surface area contributed by atoms with E-state index in [2.05, 4.69) is 31.9 Å². The van der Waals surface area contributed by atoms with Crippen LogP contribution in [0.15, 0.2) is 27.1 Å². The molecule has 0 aliphatic rings. The van der Waals surface area contributed by atoms with Crippen molar-refractivity contribution in [1.82, 2.24) is 0 Å². The smallest absolute Gasteiger partial charge is 0.142 e. The SMILES string of the molecule is C[C](C)Oc1ccc(Br)c(Br)c1. The molecule has 0 aliphatic heterocycles. The molecule has 1 rings (SSSR count). The van der Waals surface area contributed by atoms with Crippen LogP contribution in [0, 0.1) is 6.10 Å². The third-order valence-corrected chi connectivity index (χ3v) is 3.09. The van der Waals surface area contributed by atoms with Crippen LogP contribution in [0.25, 0.3) is 0 Å². The highest BCUT2D eigenvalue weighted by Gasteiger charge is 2.01. The first-order valence-corrected chi connectivity index (χ1v) is 5.11. The normalized spacial score (nSPS) is 10.4. The Morgan fingerprint density at radius 3 is 2.33 bits per heavy atom. The maximum atomic E-state index is 5.42. The number of hydrogen-bond donors (Lipinski definition) is 0. The molecule has 0 bridgehead atoms. The first kappa shape index (κ1) is 10.1. The van der Waals surface area contributed by atoms with Gasteiger partial charge in [0.2, 0.25) is 0 Å². The summed E-state index contributed by atoms with van der Waals surface area (Å²) in [5, 5.41) is 0. The Hall–Kier alpha value is -0.0200. The van der Waals surface area contributed by atoms with Gasteiger partial charge in [0.05, 0.1) is 0 Å². The standard InChI is InChI=1S/C9H9Br2O/c1-6(2)12-7-3-4-8(10)9(11)5-7/h3-5H,1-2H3. The topological polar surface area (TPSA) is 9.23 Å². The van der Waals surface area contributed by atoms with Crippen LogP contribution in [0.2, 0.25) is 0 Å². The Morgan fingerprint density at radius 2 is 1.83 bits per heavy atom. The van der Waals surface area contributed by atoms with Crippen molar-refractivity contribution in [2.45, 2.75) is 13.8 Å². The minimum atomic E-state index is 0.852. The van der Waals surface area contributed by atoms with E-state index in [0.717, 1.165) is 20.8 Å². The van der Waals surface area contributed by atoms with Gasteiger partial charge in [-0.1, -0.05) is 0 Å². The lowest BCUT2D eigenvalue weighted by atomic mass is 10.3. The molecule has 0 atom stereocenters. The molecule has 0 saturated carbocycles. The summed E-state index contributed by atoms with van der Waals surface area (Å²) in [6.07, 6.45) is 0.934. The van der Waals surface area contributed by atoms with Crippen LogP contribution in [-0.2, 0) is 0 Å². The molecule has 3 heteroatoms. The second-order valence-electron chi connectivity index (χ2n) is 2.59. The number of benzene rings is 1. The predicted molar refractivity (Wildman–Crippen MR) is 57.1 cm³/mol. The minimum absolute atomic E-state index is 0.852. The molecule has 0 fully saturated rings. The van der Waals surface area contributed by atoms with Gasteiger partial charge in [-0.15, -0.1) is 0 Å². The third kappa shape index (κ3) is 2.79. The molecule has 0 spiro atoms. The first-order valence-electron chi connectivity index (χ1n) is 3.52. The molecule has 1 aromatic carbocycles. The summed E-state index contributed by atoms with van der Waals surface area (Å²) in [5.74, 6) is 0.852. The molecule has 0 unspecified atom stereocenters. The second kappa shape index (κ2) is 4.28. The molecule has 1 radical (unpaired) electrons. The van der Waals surface area contributed by atoms with Gasteiger partial charge in [-0.2, -0.15) is 0 Å². The summed E-state index contributed by atoms with van der Waals surface area (Å²) < 4.78 is 7.45. The van der Waals surface area contributed by atoms with Gasteiger partial charge in [0.1, 0.15) is 11.9 Å². The van der Waals surface area contributed by atoms with Gasteiger partial charge in [-0.05, 0) is 63.9 Å². The van der Waals surface area contributed by atoms with Crippen molar-refractivity contribution < 1.29 is 4.74 Å². The fraction of sp³-hybridized carbons (Fsp3) is 0.222. The largest absolute Gasteiger partial charge is 0.484 e. The van der Waals surface area contributed by atoms with Crippen molar-refractivity contribution in [3.05, 3.63) is 33.2 Å². The molecular weight excluding hydrogens is 284 g/mol. The zero-order chi connectivity index (χ0) is 9.14. The van der Waals surface area contributed by atoms with E-state index in [0.29, 0.717) is 0 Å². The molecule has 0 aliphatic carbocycles. The lowest BCUT2D eigenvalue weighted by Crippen LogP contribution is -1.95. The summed E-state index contributed by atoms with van der Waals surface area (Å²) in [6, 6.07) is 5.79.